The van der Waals surface area contributed by atoms with Gasteiger partial charge in [0.05, 0.1) is 10.6 Å². The van der Waals surface area contributed by atoms with Crippen molar-refractivity contribution < 1.29 is 9.18 Å². The predicted molar refractivity (Wildman–Crippen MR) is 77.0 cm³/mol. The highest BCUT2D eigenvalue weighted by atomic mass is 79.9. The zero-order valence-corrected chi connectivity index (χ0v) is 12.6. The van der Waals surface area contributed by atoms with E-state index in [-0.39, 0.29) is 11.5 Å². The van der Waals surface area contributed by atoms with Gasteiger partial charge in [-0.05, 0) is 18.2 Å². The van der Waals surface area contributed by atoms with Crippen LogP contribution in [0.3, 0.4) is 0 Å². The van der Waals surface area contributed by atoms with Crippen molar-refractivity contribution in [2.45, 2.75) is 12.8 Å². The summed E-state index contributed by atoms with van der Waals surface area (Å²) in [6.07, 6.45) is 1.73. The third-order valence-electron chi connectivity index (χ3n) is 2.61. The summed E-state index contributed by atoms with van der Waals surface area (Å²) in [6.45, 7) is 2.40. The summed E-state index contributed by atoms with van der Waals surface area (Å²) < 4.78 is 14.2. The van der Waals surface area contributed by atoms with Crippen molar-refractivity contribution >= 4 is 33.2 Å². The molecular formula is C13H12BrFN2OS. The van der Waals surface area contributed by atoms with Crippen LogP contribution in [-0.4, -0.2) is 17.4 Å². The van der Waals surface area contributed by atoms with Gasteiger partial charge in [0.25, 0.3) is 5.91 Å². The van der Waals surface area contributed by atoms with Crippen molar-refractivity contribution in [2.24, 2.45) is 0 Å². The molecule has 1 aromatic carbocycles. The normalized spacial score (nSPS) is 12.2. The lowest BCUT2D eigenvalue weighted by Crippen LogP contribution is -2.28. The van der Waals surface area contributed by atoms with E-state index >= 15 is 0 Å². The number of nitrogens with zero attached hydrogens (tertiary/aromatic N) is 1. The van der Waals surface area contributed by atoms with Crippen LogP contribution in [0.25, 0.3) is 0 Å². The summed E-state index contributed by atoms with van der Waals surface area (Å²) in [6, 6.07) is 4.30. The quantitative estimate of drug-likeness (QED) is 0.922. The number of aromatic nitrogens is 1. The average Bonchev–Trinajstić information content (AvgIpc) is 2.92. The number of nitrogens with one attached hydrogen (secondary N) is 1. The molecule has 100 valence electrons. The number of hydrogen-bond acceptors (Lipinski definition) is 3. The molecule has 2 rings (SSSR count). The van der Waals surface area contributed by atoms with Crippen LogP contribution < -0.4 is 5.32 Å². The molecule has 2 aromatic rings. The molecule has 3 nitrogen and oxygen atoms in total. The summed E-state index contributed by atoms with van der Waals surface area (Å²) in [7, 11) is 0. The number of amides is 1. The standard InChI is InChI=1S/C13H12BrFN2OS/c1-8(13-16-4-5-19-13)7-17-12(18)10-6-9(14)2-3-11(10)15/h2-6,8H,7H2,1H3,(H,17,18). The molecule has 0 bridgehead atoms. The Hall–Kier alpha value is -1.27. The van der Waals surface area contributed by atoms with Crippen LogP contribution in [0.4, 0.5) is 4.39 Å². The summed E-state index contributed by atoms with van der Waals surface area (Å²) in [5, 5.41) is 5.57. The topological polar surface area (TPSA) is 42.0 Å². The lowest BCUT2D eigenvalue weighted by molar-refractivity contribution is 0.0947. The van der Waals surface area contributed by atoms with Gasteiger partial charge in [-0.3, -0.25) is 4.79 Å². The zero-order valence-electron chi connectivity index (χ0n) is 10.2. The lowest BCUT2D eigenvalue weighted by Gasteiger charge is -2.10. The van der Waals surface area contributed by atoms with Crippen LogP contribution in [0, 0.1) is 5.82 Å². The lowest BCUT2D eigenvalue weighted by atomic mass is 10.1. The number of benzene rings is 1. The van der Waals surface area contributed by atoms with E-state index in [0.29, 0.717) is 11.0 Å². The highest BCUT2D eigenvalue weighted by Crippen LogP contribution is 2.18. The van der Waals surface area contributed by atoms with Crippen LogP contribution in [0.2, 0.25) is 0 Å². The number of carbonyl (C=O) groups is 1. The van der Waals surface area contributed by atoms with Gasteiger partial charge in [0.2, 0.25) is 0 Å². The molecule has 1 amide bonds. The van der Waals surface area contributed by atoms with Crippen LogP contribution in [0.15, 0.2) is 34.2 Å². The Bertz CT molecular complexity index is 574. The number of hydrogen-bond donors (Lipinski definition) is 1. The number of rotatable bonds is 4. The Kier molecular flexibility index (Phi) is 4.66. The fraction of sp³-hybridized carbons (Fsp3) is 0.231. The third kappa shape index (κ3) is 3.61. The summed E-state index contributed by atoms with van der Waals surface area (Å²) in [5.41, 5.74) is 0.0423. The molecule has 0 saturated heterocycles. The maximum absolute atomic E-state index is 13.5. The van der Waals surface area contributed by atoms with Crippen molar-refractivity contribution in [1.82, 2.24) is 10.3 Å². The van der Waals surface area contributed by atoms with E-state index in [1.807, 2.05) is 12.3 Å². The Balaban J connectivity index is 2.00. The second-order valence-electron chi connectivity index (χ2n) is 4.11. The maximum atomic E-state index is 13.5. The summed E-state index contributed by atoms with van der Waals surface area (Å²) >= 11 is 4.76. The molecule has 1 unspecified atom stereocenters. The Labute approximate surface area is 123 Å². The Morgan fingerprint density at radius 3 is 3.05 bits per heavy atom. The monoisotopic (exact) mass is 342 g/mol. The van der Waals surface area contributed by atoms with E-state index in [2.05, 4.69) is 26.2 Å². The minimum Gasteiger partial charge on any atom is -0.351 e. The average molecular weight is 343 g/mol. The second kappa shape index (κ2) is 6.25. The molecule has 0 radical (unpaired) electrons. The van der Waals surface area contributed by atoms with Crippen molar-refractivity contribution in [3.8, 4) is 0 Å². The van der Waals surface area contributed by atoms with E-state index in [1.54, 1.807) is 23.6 Å². The van der Waals surface area contributed by atoms with Gasteiger partial charge in [0, 0.05) is 28.5 Å². The van der Waals surface area contributed by atoms with E-state index in [9.17, 15) is 9.18 Å². The van der Waals surface area contributed by atoms with E-state index in [1.165, 1.54) is 12.1 Å². The predicted octanol–water partition coefficient (Wildman–Crippen LogP) is 3.58. The minimum atomic E-state index is -0.525. The first-order chi connectivity index (χ1) is 9.08. The highest BCUT2D eigenvalue weighted by molar-refractivity contribution is 9.10. The first-order valence-corrected chi connectivity index (χ1v) is 7.38. The first kappa shape index (κ1) is 14.1. The molecule has 1 N–H and O–H groups in total. The molecule has 1 atom stereocenters. The zero-order chi connectivity index (χ0) is 13.8. The second-order valence-corrected chi connectivity index (χ2v) is 5.95. The van der Waals surface area contributed by atoms with E-state index < -0.39 is 11.7 Å². The van der Waals surface area contributed by atoms with Crippen LogP contribution in [0.1, 0.15) is 28.2 Å². The number of thiazole rings is 1. The molecular weight excluding hydrogens is 331 g/mol. The number of carbonyl (C=O) groups excluding carboxylic acids is 1. The Morgan fingerprint density at radius 2 is 2.37 bits per heavy atom. The van der Waals surface area contributed by atoms with Crippen molar-refractivity contribution in [3.05, 3.63) is 50.6 Å². The van der Waals surface area contributed by atoms with Crippen LogP contribution >= 0.6 is 27.3 Å². The van der Waals surface area contributed by atoms with Gasteiger partial charge in [0.1, 0.15) is 5.82 Å². The largest absolute Gasteiger partial charge is 0.351 e. The van der Waals surface area contributed by atoms with Crippen molar-refractivity contribution in [2.75, 3.05) is 6.54 Å². The molecule has 0 saturated carbocycles. The van der Waals surface area contributed by atoms with Crippen molar-refractivity contribution in [1.29, 1.82) is 0 Å². The highest BCUT2D eigenvalue weighted by Gasteiger charge is 2.14. The summed E-state index contributed by atoms with van der Waals surface area (Å²) in [5.74, 6) is -0.830. The van der Waals surface area contributed by atoms with Crippen molar-refractivity contribution in [3.63, 3.8) is 0 Å². The molecule has 0 aliphatic heterocycles. The SMILES string of the molecule is CC(CNC(=O)c1cc(Br)ccc1F)c1nccs1. The molecule has 0 aliphatic carbocycles. The molecule has 0 fully saturated rings. The maximum Gasteiger partial charge on any atom is 0.254 e. The third-order valence-corrected chi connectivity index (χ3v) is 4.12. The van der Waals surface area contributed by atoms with E-state index in [0.717, 1.165) is 5.01 Å². The van der Waals surface area contributed by atoms with Gasteiger partial charge in [-0.1, -0.05) is 22.9 Å². The van der Waals surface area contributed by atoms with Gasteiger partial charge in [0.15, 0.2) is 0 Å². The Morgan fingerprint density at radius 1 is 1.58 bits per heavy atom. The molecule has 6 heteroatoms. The molecule has 19 heavy (non-hydrogen) atoms. The smallest absolute Gasteiger partial charge is 0.254 e. The first-order valence-electron chi connectivity index (χ1n) is 5.70. The van der Waals surface area contributed by atoms with Crippen LogP contribution in [-0.2, 0) is 0 Å². The van der Waals surface area contributed by atoms with Gasteiger partial charge in [-0.25, -0.2) is 9.37 Å². The fourth-order valence-corrected chi connectivity index (χ4v) is 2.64. The molecule has 0 spiro atoms. The van der Waals surface area contributed by atoms with Gasteiger partial charge < -0.3 is 5.32 Å². The number of halogens is 2. The molecule has 1 heterocycles. The van der Waals surface area contributed by atoms with Gasteiger partial charge in [-0.15, -0.1) is 11.3 Å². The fourth-order valence-electron chi connectivity index (χ4n) is 1.58. The minimum absolute atomic E-state index is 0.0423. The molecule has 0 aliphatic rings. The van der Waals surface area contributed by atoms with Gasteiger partial charge in [-0.2, -0.15) is 0 Å². The van der Waals surface area contributed by atoms with E-state index in [4.69, 9.17) is 0 Å². The molecule has 1 aromatic heterocycles. The van der Waals surface area contributed by atoms with Crippen LogP contribution in [0.5, 0.6) is 0 Å². The summed E-state index contributed by atoms with van der Waals surface area (Å²) in [4.78, 5) is 16.1. The van der Waals surface area contributed by atoms with Gasteiger partial charge >= 0.3 is 0 Å².